The number of hydrogen-bond donors (Lipinski definition) is 1. The predicted octanol–water partition coefficient (Wildman–Crippen LogP) is 5.37. The van der Waals surface area contributed by atoms with Crippen LogP contribution in [0.3, 0.4) is 0 Å². The van der Waals surface area contributed by atoms with Gasteiger partial charge in [-0.25, -0.2) is 4.79 Å². The normalized spacial score (nSPS) is 40.1. The lowest BCUT2D eigenvalue weighted by Gasteiger charge is -2.58. The summed E-state index contributed by atoms with van der Waals surface area (Å²) in [5, 5.41) is 3.24. The molecule has 0 saturated heterocycles. The largest absolute Gasteiger partial charge is 0.462 e. The van der Waals surface area contributed by atoms with Crippen LogP contribution in [-0.4, -0.2) is 24.5 Å². The third kappa shape index (κ3) is 3.33. The molecular weight excluding hydrogens is 398 g/mol. The van der Waals surface area contributed by atoms with Gasteiger partial charge in [-0.15, -0.1) is 0 Å². The van der Waals surface area contributed by atoms with Gasteiger partial charge in [-0.1, -0.05) is 37.6 Å². The van der Waals surface area contributed by atoms with E-state index in [-0.39, 0.29) is 28.7 Å². The van der Waals surface area contributed by atoms with Gasteiger partial charge >= 0.3 is 5.97 Å². The predicted molar refractivity (Wildman–Crippen MR) is 125 cm³/mol. The van der Waals surface area contributed by atoms with Crippen LogP contribution < -0.4 is 5.32 Å². The third-order valence-electron chi connectivity index (χ3n) is 9.90. The van der Waals surface area contributed by atoms with Crippen molar-refractivity contribution in [3.05, 3.63) is 47.0 Å². The van der Waals surface area contributed by atoms with Crippen molar-refractivity contribution in [2.45, 2.75) is 72.3 Å². The number of rotatable bonds is 3. The summed E-state index contributed by atoms with van der Waals surface area (Å²) in [5.41, 5.74) is 3.16. The fourth-order valence-electron chi connectivity index (χ4n) is 8.01. The number of carbonyl (C=O) groups is 2. The minimum atomic E-state index is -0.181. The second kappa shape index (κ2) is 7.74. The summed E-state index contributed by atoms with van der Waals surface area (Å²) >= 11 is 0. The van der Waals surface area contributed by atoms with Crippen molar-refractivity contribution in [1.29, 1.82) is 0 Å². The molecule has 5 rings (SSSR count). The van der Waals surface area contributed by atoms with Crippen LogP contribution in [-0.2, 0) is 9.53 Å². The summed E-state index contributed by atoms with van der Waals surface area (Å²) in [6.07, 6.45) is 11.0. The fourth-order valence-corrected chi connectivity index (χ4v) is 8.01. The van der Waals surface area contributed by atoms with E-state index in [1.54, 1.807) is 6.08 Å². The van der Waals surface area contributed by atoms with E-state index in [4.69, 9.17) is 4.74 Å². The van der Waals surface area contributed by atoms with Crippen LogP contribution in [0.5, 0.6) is 0 Å². The van der Waals surface area contributed by atoms with Crippen LogP contribution >= 0.6 is 0 Å². The quantitative estimate of drug-likeness (QED) is 0.649. The molecule has 7 atom stereocenters. The molecule has 1 heterocycles. The van der Waals surface area contributed by atoms with Crippen molar-refractivity contribution in [3.8, 4) is 0 Å². The van der Waals surface area contributed by atoms with Gasteiger partial charge in [0.05, 0.1) is 12.2 Å². The van der Waals surface area contributed by atoms with E-state index >= 15 is 0 Å². The van der Waals surface area contributed by atoms with E-state index < -0.39 is 0 Å². The molecule has 0 spiro atoms. The van der Waals surface area contributed by atoms with Crippen LogP contribution in [0, 0.1) is 48.3 Å². The molecule has 1 N–H and O–H groups in total. The topological polar surface area (TPSA) is 55.4 Å². The minimum absolute atomic E-state index is 0.0677. The fraction of sp³-hybridized carbons (Fsp3) is 0.643. The highest BCUT2D eigenvalue weighted by Crippen LogP contribution is 2.65. The highest BCUT2D eigenvalue weighted by Gasteiger charge is 2.59. The first-order chi connectivity index (χ1) is 15.2. The van der Waals surface area contributed by atoms with Crippen LogP contribution in [0.25, 0.3) is 0 Å². The maximum atomic E-state index is 12.8. The molecule has 1 aromatic carbocycles. The molecule has 32 heavy (non-hydrogen) atoms. The lowest BCUT2D eigenvalue weighted by molar-refractivity contribution is -0.122. The van der Waals surface area contributed by atoms with Gasteiger partial charge in [0.25, 0.3) is 0 Å². The Labute approximate surface area is 192 Å². The van der Waals surface area contributed by atoms with Crippen molar-refractivity contribution >= 4 is 11.9 Å². The standard InChI is InChI=1S/C28H37NO3/c1-17-5-7-20(18(2)15-17)26(31)32-16-19-6-9-22-21-8-10-24-28(4,14-12-25(30)29-24)23(21)11-13-27(19,22)3/h5,7,12,14-15,19,21-24H,6,8-11,13,16H2,1-4H3,(H,29,30)/t19-,21?,22?,23?,24?,27-,28-/m1/s1. The first-order valence-electron chi connectivity index (χ1n) is 12.5. The molecule has 3 fully saturated rings. The second-order valence-corrected chi connectivity index (χ2v) is 11.5. The summed E-state index contributed by atoms with van der Waals surface area (Å²) in [4.78, 5) is 24.7. The summed E-state index contributed by atoms with van der Waals surface area (Å²) in [7, 11) is 0. The molecule has 1 amide bonds. The number of carbonyl (C=O) groups excluding carboxylic acids is 2. The SMILES string of the molecule is Cc1ccc(C(=O)OC[C@H]2CCC3C4CCC5NC(=O)C=C[C@]5(C)C4CC[C@@]32C)c(C)c1. The van der Waals surface area contributed by atoms with E-state index in [0.29, 0.717) is 35.8 Å². The molecule has 4 aliphatic rings. The average Bonchev–Trinajstić information content (AvgIpc) is 3.09. The van der Waals surface area contributed by atoms with E-state index in [1.165, 1.54) is 25.7 Å². The smallest absolute Gasteiger partial charge is 0.338 e. The average molecular weight is 436 g/mol. The summed E-state index contributed by atoms with van der Waals surface area (Å²) in [6, 6.07) is 6.20. The lowest BCUT2D eigenvalue weighted by Crippen LogP contribution is -2.59. The Bertz CT molecular complexity index is 967. The zero-order valence-corrected chi connectivity index (χ0v) is 19.9. The number of ether oxygens (including phenoxy) is 1. The van der Waals surface area contributed by atoms with Gasteiger partial charge in [0, 0.05) is 11.5 Å². The summed E-state index contributed by atoms with van der Waals surface area (Å²) in [5.74, 6) is 2.35. The molecule has 4 nitrogen and oxygen atoms in total. The Morgan fingerprint density at radius 3 is 2.69 bits per heavy atom. The van der Waals surface area contributed by atoms with Crippen LogP contribution in [0.15, 0.2) is 30.4 Å². The van der Waals surface area contributed by atoms with Gasteiger partial charge in [0.2, 0.25) is 5.91 Å². The van der Waals surface area contributed by atoms with Crippen LogP contribution in [0.1, 0.15) is 73.9 Å². The van der Waals surface area contributed by atoms with Gasteiger partial charge in [-0.3, -0.25) is 4.79 Å². The number of amides is 1. The Morgan fingerprint density at radius 2 is 1.91 bits per heavy atom. The Balaban J connectivity index is 1.29. The zero-order chi connectivity index (χ0) is 22.7. The molecule has 1 aliphatic heterocycles. The van der Waals surface area contributed by atoms with Crippen molar-refractivity contribution in [2.24, 2.45) is 34.5 Å². The maximum Gasteiger partial charge on any atom is 0.338 e. The number of fused-ring (bicyclic) bond motifs is 5. The number of hydrogen-bond acceptors (Lipinski definition) is 3. The van der Waals surface area contributed by atoms with Crippen molar-refractivity contribution < 1.29 is 14.3 Å². The monoisotopic (exact) mass is 435 g/mol. The molecule has 3 saturated carbocycles. The maximum absolute atomic E-state index is 12.8. The Hall–Kier alpha value is -2.10. The Kier molecular flexibility index (Phi) is 5.26. The van der Waals surface area contributed by atoms with Crippen molar-refractivity contribution in [3.63, 3.8) is 0 Å². The minimum Gasteiger partial charge on any atom is -0.462 e. The van der Waals surface area contributed by atoms with E-state index in [1.807, 2.05) is 32.0 Å². The van der Waals surface area contributed by atoms with Gasteiger partial charge in [0.1, 0.15) is 0 Å². The van der Waals surface area contributed by atoms with Gasteiger partial charge in [-0.05, 0) is 99.2 Å². The first-order valence-corrected chi connectivity index (χ1v) is 12.5. The van der Waals surface area contributed by atoms with Crippen molar-refractivity contribution in [2.75, 3.05) is 6.61 Å². The number of nitrogens with one attached hydrogen (secondary N) is 1. The zero-order valence-electron chi connectivity index (χ0n) is 19.9. The molecule has 172 valence electrons. The van der Waals surface area contributed by atoms with Gasteiger partial charge < -0.3 is 10.1 Å². The van der Waals surface area contributed by atoms with E-state index in [0.717, 1.165) is 24.0 Å². The van der Waals surface area contributed by atoms with Crippen LogP contribution in [0.2, 0.25) is 0 Å². The first kappa shape index (κ1) is 21.7. The molecule has 0 radical (unpaired) electrons. The molecule has 0 bridgehead atoms. The van der Waals surface area contributed by atoms with Crippen molar-refractivity contribution in [1.82, 2.24) is 5.32 Å². The molecule has 0 aromatic heterocycles. The number of aryl methyl sites for hydroxylation is 2. The third-order valence-corrected chi connectivity index (χ3v) is 9.90. The molecular formula is C28H37NO3. The molecule has 4 heteroatoms. The summed E-state index contributed by atoms with van der Waals surface area (Å²) < 4.78 is 5.90. The lowest BCUT2D eigenvalue weighted by atomic mass is 9.48. The Morgan fingerprint density at radius 1 is 1.09 bits per heavy atom. The summed E-state index contributed by atoms with van der Waals surface area (Å²) in [6.45, 7) is 9.39. The molecule has 4 unspecified atom stereocenters. The van der Waals surface area contributed by atoms with E-state index in [9.17, 15) is 9.59 Å². The molecule has 3 aliphatic carbocycles. The van der Waals surface area contributed by atoms with E-state index in [2.05, 4.69) is 25.2 Å². The number of esters is 1. The molecule has 1 aromatic rings. The number of benzene rings is 1. The second-order valence-electron chi connectivity index (χ2n) is 11.5. The highest BCUT2D eigenvalue weighted by atomic mass is 16.5. The van der Waals surface area contributed by atoms with Crippen LogP contribution in [0.4, 0.5) is 0 Å². The van der Waals surface area contributed by atoms with Gasteiger partial charge in [-0.2, -0.15) is 0 Å². The highest BCUT2D eigenvalue weighted by molar-refractivity contribution is 5.91. The van der Waals surface area contributed by atoms with Gasteiger partial charge in [0.15, 0.2) is 0 Å².